The third-order valence-corrected chi connectivity index (χ3v) is 4.95. The van der Waals surface area contributed by atoms with Crippen LogP contribution in [0.1, 0.15) is 30.4 Å². The van der Waals surface area contributed by atoms with Crippen molar-refractivity contribution in [1.82, 2.24) is 4.90 Å². The van der Waals surface area contributed by atoms with Gasteiger partial charge in [0, 0.05) is 29.8 Å². The highest BCUT2D eigenvalue weighted by Gasteiger charge is 2.25. The summed E-state index contributed by atoms with van der Waals surface area (Å²) in [5, 5.41) is 0. The monoisotopic (exact) mass is 294 g/mol. The number of nitrogens with zero attached hydrogens (tertiary/aromatic N) is 1. The van der Waals surface area contributed by atoms with Crippen molar-refractivity contribution < 1.29 is 0 Å². The Bertz CT molecular complexity index is 426. The molecule has 1 heterocycles. The molecule has 92 valence electrons. The number of hydrogen-bond acceptors (Lipinski definition) is 2. The lowest BCUT2D eigenvalue weighted by atomic mass is 9.84. The van der Waals surface area contributed by atoms with Crippen LogP contribution in [0.5, 0.6) is 0 Å². The minimum atomic E-state index is 0.949. The lowest BCUT2D eigenvalue weighted by molar-refractivity contribution is 0.166. The van der Waals surface area contributed by atoms with E-state index >= 15 is 0 Å². The summed E-state index contributed by atoms with van der Waals surface area (Å²) in [4.78, 5) is 2.58. The zero-order chi connectivity index (χ0) is 11.8. The van der Waals surface area contributed by atoms with Crippen molar-refractivity contribution in [3.8, 4) is 0 Å². The molecule has 3 heteroatoms. The van der Waals surface area contributed by atoms with E-state index in [0.717, 1.165) is 24.6 Å². The van der Waals surface area contributed by atoms with Crippen molar-refractivity contribution in [3.63, 3.8) is 0 Å². The Morgan fingerprint density at radius 1 is 1.29 bits per heavy atom. The second-order valence-corrected chi connectivity index (χ2v) is 6.23. The smallest absolute Gasteiger partial charge is 0.0363 e. The number of fused-ring (bicyclic) bond motifs is 1. The molecule has 0 amide bonds. The van der Waals surface area contributed by atoms with Crippen LogP contribution in [0.15, 0.2) is 16.6 Å². The molecule has 1 aliphatic carbocycles. The standard InChI is InChI=1S/C14H19BrN2/c15-13-4-5-14(16)12-9-17(7-6-11(12)13)8-10-2-1-3-10/h4-5,10H,1-3,6-9,16H2. The summed E-state index contributed by atoms with van der Waals surface area (Å²) < 4.78 is 1.23. The highest BCUT2D eigenvalue weighted by Crippen LogP contribution is 2.33. The highest BCUT2D eigenvalue weighted by atomic mass is 79.9. The Labute approximate surface area is 111 Å². The first kappa shape index (κ1) is 11.5. The van der Waals surface area contributed by atoms with Crippen LogP contribution < -0.4 is 5.73 Å². The van der Waals surface area contributed by atoms with Crippen LogP contribution in [0.2, 0.25) is 0 Å². The number of rotatable bonds is 2. The Morgan fingerprint density at radius 3 is 2.82 bits per heavy atom. The lowest BCUT2D eigenvalue weighted by Crippen LogP contribution is -2.37. The fourth-order valence-corrected chi connectivity index (χ4v) is 3.48. The summed E-state index contributed by atoms with van der Waals surface area (Å²) in [6.07, 6.45) is 5.42. The summed E-state index contributed by atoms with van der Waals surface area (Å²) in [7, 11) is 0. The van der Waals surface area contributed by atoms with Gasteiger partial charge in [-0.25, -0.2) is 0 Å². The molecule has 0 atom stereocenters. The third-order valence-electron chi connectivity index (χ3n) is 4.21. The van der Waals surface area contributed by atoms with E-state index in [1.807, 2.05) is 6.07 Å². The van der Waals surface area contributed by atoms with Gasteiger partial charge in [0.05, 0.1) is 0 Å². The van der Waals surface area contributed by atoms with Crippen molar-refractivity contribution >= 4 is 21.6 Å². The van der Waals surface area contributed by atoms with Crippen molar-refractivity contribution in [2.45, 2.75) is 32.2 Å². The van der Waals surface area contributed by atoms with Gasteiger partial charge in [-0.1, -0.05) is 22.4 Å². The second-order valence-electron chi connectivity index (χ2n) is 5.38. The molecule has 1 aromatic rings. The molecule has 0 saturated heterocycles. The quantitative estimate of drug-likeness (QED) is 0.849. The molecule has 3 rings (SSSR count). The van der Waals surface area contributed by atoms with E-state index in [1.165, 1.54) is 48.0 Å². The number of halogens is 1. The molecule has 0 unspecified atom stereocenters. The Morgan fingerprint density at radius 2 is 2.12 bits per heavy atom. The van der Waals surface area contributed by atoms with Gasteiger partial charge in [-0.05, 0) is 48.4 Å². The summed E-state index contributed by atoms with van der Waals surface area (Å²) in [6.45, 7) is 3.49. The van der Waals surface area contributed by atoms with Crippen LogP contribution >= 0.6 is 15.9 Å². The van der Waals surface area contributed by atoms with Crippen molar-refractivity contribution in [1.29, 1.82) is 0 Å². The van der Waals surface area contributed by atoms with Crippen LogP contribution in [-0.2, 0) is 13.0 Å². The van der Waals surface area contributed by atoms with Gasteiger partial charge in [0.15, 0.2) is 0 Å². The van der Waals surface area contributed by atoms with Crippen molar-refractivity contribution in [2.75, 3.05) is 18.8 Å². The maximum atomic E-state index is 6.10. The van der Waals surface area contributed by atoms with Gasteiger partial charge in [0.25, 0.3) is 0 Å². The van der Waals surface area contributed by atoms with E-state index in [0.29, 0.717) is 0 Å². The molecule has 1 aromatic carbocycles. The summed E-state index contributed by atoms with van der Waals surface area (Å²) in [5.74, 6) is 0.949. The normalized spacial score (nSPS) is 21.0. The van der Waals surface area contributed by atoms with Gasteiger partial charge < -0.3 is 5.73 Å². The van der Waals surface area contributed by atoms with E-state index in [9.17, 15) is 0 Å². The zero-order valence-electron chi connectivity index (χ0n) is 10.1. The Hall–Kier alpha value is -0.540. The highest BCUT2D eigenvalue weighted by molar-refractivity contribution is 9.10. The molecule has 0 radical (unpaired) electrons. The SMILES string of the molecule is Nc1ccc(Br)c2c1CN(CC1CCC1)CC2. The number of nitrogens with two attached hydrogens (primary N) is 1. The molecule has 1 fully saturated rings. The first-order chi connectivity index (χ1) is 8.24. The van der Waals surface area contributed by atoms with E-state index < -0.39 is 0 Å². The topological polar surface area (TPSA) is 29.3 Å². The van der Waals surface area contributed by atoms with Crippen LogP contribution in [-0.4, -0.2) is 18.0 Å². The van der Waals surface area contributed by atoms with Gasteiger partial charge in [-0.15, -0.1) is 0 Å². The molecule has 2 nitrogen and oxygen atoms in total. The minimum absolute atomic E-state index is 0.949. The lowest BCUT2D eigenvalue weighted by Gasteiger charge is -2.36. The van der Waals surface area contributed by atoms with E-state index in [-0.39, 0.29) is 0 Å². The molecule has 2 N–H and O–H groups in total. The van der Waals surface area contributed by atoms with E-state index in [4.69, 9.17) is 5.73 Å². The average Bonchev–Trinajstić information content (AvgIpc) is 2.29. The van der Waals surface area contributed by atoms with Crippen molar-refractivity contribution in [2.24, 2.45) is 5.92 Å². The van der Waals surface area contributed by atoms with E-state index in [1.54, 1.807) is 0 Å². The predicted molar refractivity (Wildman–Crippen MR) is 74.9 cm³/mol. The molecular formula is C14H19BrN2. The van der Waals surface area contributed by atoms with Crippen LogP contribution in [0.3, 0.4) is 0 Å². The van der Waals surface area contributed by atoms with Gasteiger partial charge in [-0.2, -0.15) is 0 Å². The fraction of sp³-hybridized carbons (Fsp3) is 0.571. The minimum Gasteiger partial charge on any atom is -0.398 e. The van der Waals surface area contributed by atoms with E-state index in [2.05, 4.69) is 26.9 Å². The molecule has 0 bridgehead atoms. The Kier molecular flexibility index (Phi) is 3.14. The zero-order valence-corrected chi connectivity index (χ0v) is 11.7. The summed E-state index contributed by atoms with van der Waals surface area (Å²) in [5.41, 5.74) is 9.84. The molecule has 1 aliphatic heterocycles. The third kappa shape index (κ3) is 2.23. The molecule has 2 aliphatic rings. The van der Waals surface area contributed by atoms with Gasteiger partial charge in [-0.3, -0.25) is 4.90 Å². The van der Waals surface area contributed by atoms with Crippen LogP contribution in [0.4, 0.5) is 5.69 Å². The van der Waals surface area contributed by atoms with Crippen LogP contribution in [0, 0.1) is 5.92 Å². The number of hydrogen-bond donors (Lipinski definition) is 1. The maximum absolute atomic E-state index is 6.10. The number of anilines is 1. The average molecular weight is 295 g/mol. The van der Waals surface area contributed by atoms with Crippen molar-refractivity contribution in [3.05, 3.63) is 27.7 Å². The number of benzene rings is 1. The second kappa shape index (κ2) is 4.62. The summed E-state index contributed by atoms with van der Waals surface area (Å²) in [6, 6.07) is 4.10. The first-order valence-electron chi connectivity index (χ1n) is 6.52. The molecule has 0 aromatic heterocycles. The van der Waals surface area contributed by atoms with Gasteiger partial charge in [0.2, 0.25) is 0 Å². The number of nitrogen functional groups attached to an aromatic ring is 1. The maximum Gasteiger partial charge on any atom is 0.0363 e. The van der Waals surface area contributed by atoms with Gasteiger partial charge >= 0.3 is 0 Å². The molecule has 0 spiro atoms. The Balaban J connectivity index is 1.77. The predicted octanol–water partition coefficient (Wildman–Crippen LogP) is 3.19. The van der Waals surface area contributed by atoms with Crippen LogP contribution in [0.25, 0.3) is 0 Å². The largest absolute Gasteiger partial charge is 0.398 e. The molecule has 17 heavy (non-hydrogen) atoms. The van der Waals surface area contributed by atoms with Gasteiger partial charge in [0.1, 0.15) is 0 Å². The molecule has 1 saturated carbocycles. The summed E-state index contributed by atoms with van der Waals surface area (Å²) >= 11 is 3.64. The first-order valence-corrected chi connectivity index (χ1v) is 7.31. The molecular weight excluding hydrogens is 276 g/mol. The fourth-order valence-electron chi connectivity index (χ4n) is 2.91.